The van der Waals surface area contributed by atoms with Crippen LogP contribution in [0.5, 0.6) is 0 Å². The molecule has 1 aromatic heterocycles. The lowest BCUT2D eigenvalue weighted by atomic mass is 10.2. The number of allylic oxidation sites excluding steroid dienone is 2. The molecule has 3 aromatic rings. The third-order valence-electron chi connectivity index (χ3n) is 6.73. The molecule has 2 aromatic carbocycles. The highest BCUT2D eigenvalue weighted by Crippen LogP contribution is 2.45. The Hall–Kier alpha value is -2.25. The first-order valence-corrected chi connectivity index (χ1v) is 17.2. The van der Waals surface area contributed by atoms with Crippen molar-refractivity contribution in [3.05, 3.63) is 69.3 Å². The van der Waals surface area contributed by atoms with Crippen LogP contribution in [0.2, 0.25) is 15.1 Å². The van der Waals surface area contributed by atoms with Crippen LogP contribution >= 0.6 is 34.8 Å². The molecule has 14 heteroatoms. The number of fused-ring (bicyclic) bond motifs is 2. The predicted molar refractivity (Wildman–Crippen MR) is 165 cm³/mol. The van der Waals surface area contributed by atoms with Crippen molar-refractivity contribution in [1.82, 2.24) is 0 Å². The van der Waals surface area contributed by atoms with Crippen LogP contribution in [0.1, 0.15) is 32.6 Å². The fourth-order valence-corrected chi connectivity index (χ4v) is 6.09. The maximum atomic E-state index is 11.6. The van der Waals surface area contributed by atoms with Gasteiger partial charge in [-0.1, -0.05) is 50.5 Å². The molecule has 2 atom stereocenters. The number of aryl methyl sites for hydroxylation is 1. The van der Waals surface area contributed by atoms with Crippen LogP contribution < -0.4 is 14.4 Å². The number of benzene rings is 2. The van der Waals surface area contributed by atoms with Crippen molar-refractivity contribution in [3.63, 3.8) is 0 Å². The van der Waals surface area contributed by atoms with Crippen LogP contribution in [0, 0.1) is 0 Å². The largest absolute Gasteiger partial charge is 0.778 e. The molecule has 0 spiro atoms. The summed E-state index contributed by atoms with van der Waals surface area (Å²) in [6, 6.07) is 8.68. The average molecular weight is 662 g/mol. The van der Waals surface area contributed by atoms with Gasteiger partial charge in [0.2, 0.25) is 5.58 Å². The Kier molecular flexibility index (Phi) is 9.69. The Bertz CT molecular complexity index is 1740. The number of halogens is 3. The van der Waals surface area contributed by atoms with Gasteiger partial charge in [0.1, 0.15) is 5.82 Å². The van der Waals surface area contributed by atoms with E-state index in [0.29, 0.717) is 51.6 Å². The third kappa shape index (κ3) is 7.40. The van der Waals surface area contributed by atoms with E-state index in [1.165, 1.54) is 6.92 Å². The van der Waals surface area contributed by atoms with Gasteiger partial charge in [0.05, 0.1) is 37.6 Å². The van der Waals surface area contributed by atoms with Crippen molar-refractivity contribution in [2.24, 2.45) is 0 Å². The molecule has 0 N–H and O–H groups in total. The summed E-state index contributed by atoms with van der Waals surface area (Å²) < 4.78 is 65.8. The minimum absolute atomic E-state index is 0.0816. The zero-order valence-corrected chi connectivity index (χ0v) is 26.3. The lowest BCUT2D eigenvalue weighted by molar-refractivity contribution is -0.677. The van der Waals surface area contributed by atoms with E-state index in [1.807, 2.05) is 27.4 Å². The Balaban J connectivity index is 1.72. The molecule has 41 heavy (non-hydrogen) atoms. The van der Waals surface area contributed by atoms with E-state index in [2.05, 4.69) is 5.87 Å². The molecule has 0 amide bonds. The van der Waals surface area contributed by atoms with Crippen LogP contribution in [0.15, 0.2) is 52.7 Å². The van der Waals surface area contributed by atoms with E-state index in [1.54, 1.807) is 42.5 Å². The molecule has 0 bridgehead atoms. The molecule has 2 heterocycles. The van der Waals surface area contributed by atoms with E-state index in [9.17, 15) is 21.7 Å². The van der Waals surface area contributed by atoms with Crippen LogP contribution in [0.3, 0.4) is 0 Å². The van der Waals surface area contributed by atoms with Gasteiger partial charge in [0.15, 0.2) is 6.54 Å². The van der Waals surface area contributed by atoms with Gasteiger partial charge >= 0.3 is 5.89 Å². The number of aromatic nitrogens is 1. The topological polar surface area (TPSA) is 121 Å². The second kappa shape index (κ2) is 12.5. The zero-order chi connectivity index (χ0) is 30.1. The van der Waals surface area contributed by atoms with Crippen molar-refractivity contribution in [3.8, 4) is 0 Å². The van der Waals surface area contributed by atoms with Crippen molar-refractivity contribution in [2.75, 3.05) is 28.6 Å². The third-order valence-corrected chi connectivity index (χ3v) is 9.82. The molecule has 1 aliphatic rings. The Labute approximate surface area is 255 Å². The van der Waals surface area contributed by atoms with Gasteiger partial charge in [-0.15, -0.1) is 0 Å². The number of rotatable bonds is 11. The summed E-state index contributed by atoms with van der Waals surface area (Å²) in [5, 5.41) is 0.158. The highest BCUT2D eigenvalue weighted by molar-refractivity contribution is 7.94. The van der Waals surface area contributed by atoms with Gasteiger partial charge in [0.25, 0.3) is 5.52 Å². The second-order valence-electron chi connectivity index (χ2n) is 9.63. The monoisotopic (exact) mass is 660 g/mol. The van der Waals surface area contributed by atoms with E-state index in [-0.39, 0.29) is 18.7 Å². The molecule has 222 valence electrons. The van der Waals surface area contributed by atoms with Gasteiger partial charge in [-0.05, 0) is 56.7 Å². The quantitative estimate of drug-likeness (QED) is 0.151. The first-order chi connectivity index (χ1) is 19.2. The van der Waals surface area contributed by atoms with Crippen LogP contribution in [0.25, 0.3) is 17.2 Å². The first-order valence-electron chi connectivity index (χ1n) is 12.7. The molecule has 0 saturated heterocycles. The minimum Gasteiger partial charge on any atom is -0.778 e. The van der Waals surface area contributed by atoms with E-state index < -0.39 is 25.2 Å². The molecule has 9 nitrogen and oxygen atoms in total. The average Bonchev–Trinajstić information content (AvgIpc) is 3.35. The first kappa shape index (κ1) is 31.7. The summed E-state index contributed by atoms with van der Waals surface area (Å²) in [7, 11) is -7.83. The summed E-state index contributed by atoms with van der Waals surface area (Å²) >= 11 is 18.9. The molecule has 0 saturated carbocycles. The predicted octanol–water partition coefficient (Wildman–Crippen LogP) is 5.44. The summed E-state index contributed by atoms with van der Waals surface area (Å²) in [4.78, 5) is 3.91. The van der Waals surface area contributed by atoms with Gasteiger partial charge in [0, 0.05) is 41.6 Å². The van der Waals surface area contributed by atoms with Crippen LogP contribution in [-0.2, 0) is 26.5 Å². The van der Waals surface area contributed by atoms with Crippen molar-refractivity contribution < 1.29 is 30.7 Å². The van der Waals surface area contributed by atoms with Gasteiger partial charge in [-0.2, -0.15) is 4.57 Å². The van der Waals surface area contributed by atoms with Crippen LogP contribution in [0.4, 0.5) is 11.4 Å². The van der Waals surface area contributed by atoms with Gasteiger partial charge in [-0.25, -0.2) is 8.42 Å². The summed E-state index contributed by atoms with van der Waals surface area (Å²) in [5.74, 6) is 4.31. The molecular formula is C27H29Cl3N3O6S2-. The zero-order valence-electron chi connectivity index (χ0n) is 22.4. The summed E-state index contributed by atoms with van der Waals surface area (Å²) in [5.41, 5.74) is 2.83. The van der Waals surface area contributed by atoms with E-state index >= 15 is 0 Å². The maximum Gasteiger partial charge on any atom is 0.374 e. The summed E-state index contributed by atoms with van der Waals surface area (Å²) in [6.07, 6.45) is 5.80. The molecule has 2 unspecified atom stereocenters. The highest BCUT2D eigenvalue weighted by Gasteiger charge is 2.32. The van der Waals surface area contributed by atoms with Crippen molar-refractivity contribution in [1.29, 1.82) is 0 Å². The lowest BCUT2D eigenvalue weighted by Crippen LogP contribution is -2.36. The molecule has 1 aliphatic heterocycles. The smallest absolute Gasteiger partial charge is 0.374 e. The number of hydrogen-bond donors (Lipinski definition) is 0. The normalized spacial score (nSPS) is 17.1. The number of nitrogens with zero attached hydrogens (tertiary/aromatic N) is 3. The van der Waals surface area contributed by atoms with E-state index in [4.69, 9.17) is 39.2 Å². The highest BCUT2D eigenvalue weighted by atomic mass is 35.5. The molecule has 0 radical (unpaired) electrons. The fourth-order valence-electron chi connectivity index (χ4n) is 4.64. The summed E-state index contributed by atoms with van der Waals surface area (Å²) in [6.45, 7) is 4.52. The lowest BCUT2D eigenvalue weighted by Gasteiger charge is -2.26. The molecule has 4 rings (SSSR count). The van der Waals surface area contributed by atoms with Crippen molar-refractivity contribution >= 4 is 89.1 Å². The molecule has 0 fully saturated rings. The minimum atomic E-state index is -4.45. The van der Waals surface area contributed by atoms with E-state index in [0.717, 1.165) is 17.2 Å². The van der Waals surface area contributed by atoms with Gasteiger partial charge in [-0.3, -0.25) is 4.21 Å². The number of oxazole rings is 1. The maximum absolute atomic E-state index is 11.6. The molecule has 0 aliphatic carbocycles. The Morgan fingerprint density at radius 3 is 2.34 bits per heavy atom. The fraction of sp³-hybridized carbons (Fsp3) is 0.333. The standard InChI is InChI=1S/C27H30Cl3N3O6S2/c1-4-31-22-16-20(29)21(30)17-23(22)32(13-11-18(2)41(36,37)38)26(31)7-5-8-27-33(12-6-14-40(3,34)35)24-15-19(28)9-10-25(24)39-27/h5,7-10,15-18H,3-4,6,11-14H2,1-2H3,(H-,34,35,36,37,38)/p-1. The Morgan fingerprint density at radius 2 is 1.73 bits per heavy atom. The number of anilines is 2. The van der Waals surface area contributed by atoms with Gasteiger partial charge < -0.3 is 23.3 Å². The number of hydrogen-bond acceptors (Lipinski definition) is 8. The van der Waals surface area contributed by atoms with Crippen LogP contribution in [-0.4, -0.2) is 51.7 Å². The molecular weight excluding hydrogens is 633 g/mol. The Morgan fingerprint density at radius 1 is 1.07 bits per heavy atom. The second-order valence-corrected chi connectivity index (χ2v) is 14.6. The van der Waals surface area contributed by atoms with Crippen molar-refractivity contribution in [2.45, 2.75) is 38.5 Å². The SMILES string of the molecule is C=S(=O)([O-])CCC[n+]1c(/C=C/C=C2\N(CC)c3cc(Cl)c(Cl)cc3N2CCC(C)S(=O)(=O)[O-])oc2ccc(Cl)cc21.